The van der Waals surface area contributed by atoms with Gasteiger partial charge in [0.15, 0.2) is 0 Å². The molecule has 0 saturated heterocycles. The molecule has 3 nitrogen and oxygen atoms in total. The van der Waals surface area contributed by atoms with E-state index in [4.69, 9.17) is 0 Å². The van der Waals surface area contributed by atoms with Crippen molar-refractivity contribution in [2.75, 3.05) is 0 Å². The third-order valence-electron chi connectivity index (χ3n) is 2.44. The second-order valence-electron chi connectivity index (χ2n) is 4.17. The van der Waals surface area contributed by atoms with Crippen molar-refractivity contribution in [2.45, 2.75) is 32.1 Å². The smallest absolute Gasteiger partial charge is 0.234 e. The predicted molar refractivity (Wildman–Crippen MR) is 68.4 cm³/mol. The molecule has 1 amide bonds. The highest BCUT2D eigenvalue weighted by molar-refractivity contribution is 9.10. The second kappa shape index (κ2) is 5.99. The van der Waals surface area contributed by atoms with Crippen LogP contribution in [0.4, 0.5) is 0 Å². The summed E-state index contributed by atoms with van der Waals surface area (Å²) in [6.07, 6.45) is 3.54. The van der Waals surface area contributed by atoms with Crippen molar-refractivity contribution < 1.29 is 4.79 Å². The Hall–Kier alpha value is -0.900. The lowest BCUT2D eigenvalue weighted by atomic mass is 10.1. The molecule has 0 spiro atoms. The summed E-state index contributed by atoms with van der Waals surface area (Å²) in [6.45, 7) is 6.56. The summed E-state index contributed by atoms with van der Waals surface area (Å²) in [5, 5.41) is 2.90. The second-order valence-corrected chi connectivity index (χ2v) is 5.15. The summed E-state index contributed by atoms with van der Waals surface area (Å²) in [5.41, 5.74) is 2.20. The van der Waals surface area contributed by atoms with Gasteiger partial charge in [0, 0.05) is 18.9 Å². The average Bonchev–Trinajstić information content (AvgIpc) is 2.26. The standard InChI is InChI=1S/C12H17BrN2O/c1-8(2)11(13)12(16)15-7-10-6-14-5-4-9(10)3/h4-6,8,11H,7H2,1-3H3,(H,15,16). The van der Waals surface area contributed by atoms with Crippen LogP contribution in [0.2, 0.25) is 0 Å². The van der Waals surface area contributed by atoms with Gasteiger partial charge >= 0.3 is 0 Å². The van der Waals surface area contributed by atoms with E-state index in [-0.39, 0.29) is 16.7 Å². The largest absolute Gasteiger partial charge is 0.351 e. The van der Waals surface area contributed by atoms with E-state index in [1.165, 1.54) is 0 Å². The van der Waals surface area contributed by atoms with Crippen LogP contribution in [0.1, 0.15) is 25.0 Å². The third kappa shape index (κ3) is 3.59. The number of nitrogens with one attached hydrogen (secondary N) is 1. The number of hydrogen-bond acceptors (Lipinski definition) is 2. The number of rotatable bonds is 4. The molecular weight excluding hydrogens is 268 g/mol. The van der Waals surface area contributed by atoms with E-state index in [1.807, 2.05) is 26.8 Å². The fourth-order valence-corrected chi connectivity index (χ4v) is 1.43. The van der Waals surface area contributed by atoms with Crippen LogP contribution in [0.25, 0.3) is 0 Å². The topological polar surface area (TPSA) is 42.0 Å². The van der Waals surface area contributed by atoms with Crippen LogP contribution < -0.4 is 5.32 Å². The number of pyridine rings is 1. The summed E-state index contributed by atoms with van der Waals surface area (Å²) in [6, 6.07) is 1.94. The normalized spacial score (nSPS) is 12.6. The maximum Gasteiger partial charge on any atom is 0.234 e. The Balaban J connectivity index is 2.52. The number of nitrogens with zero attached hydrogens (tertiary/aromatic N) is 1. The Morgan fingerprint density at radius 1 is 1.56 bits per heavy atom. The molecular formula is C12H17BrN2O. The van der Waals surface area contributed by atoms with E-state index < -0.39 is 0 Å². The monoisotopic (exact) mass is 284 g/mol. The van der Waals surface area contributed by atoms with Crippen LogP contribution in [0.3, 0.4) is 0 Å². The molecule has 1 N–H and O–H groups in total. The Morgan fingerprint density at radius 2 is 2.25 bits per heavy atom. The van der Waals surface area contributed by atoms with Crippen LogP contribution >= 0.6 is 15.9 Å². The van der Waals surface area contributed by atoms with Gasteiger partial charge in [-0.05, 0) is 30.0 Å². The lowest BCUT2D eigenvalue weighted by molar-refractivity contribution is -0.121. The lowest BCUT2D eigenvalue weighted by Gasteiger charge is -2.14. The van der Waals surface area contributed by atoms with E-state index in [0.717, 1.165) is 11.1 Å². The Labute approximate surface area is 105 Å². The Bertz CT molecular complexity index is 366. The van der Waals surface area contributed by atoms with Crippen LogP contribution in [0.15, 0.2) is 18.5 Å². The minimum absolute atomic E-state index is 0.0262. The number of carbonyl (C=O) groups is 1. The highest BCUT2D eigenvalue weighted by Gasteiger charge is 2.17. The molecule has 0 aliphatic rings. The first-order valence-electron chi connectivity index (χ1n) is 5.33. The molecule has 1 aromatic heterocycles. The molecule has 1 heterocycles. The van der Waals surface area contributed by atoms with Crippen molar-refractivity contribution in [3.63, 3.8) is 0 Å². The molecule has 0 aliphatic heterocycles. The summed E-state index contributed by atoms with van der Waals surface area (Å²) >= 11 is 3.37. The van der Waals surface area contributed by atoms with Crippen molar-refractivity contribution in [2.24, 2.45) is 5.92 Å². The van der Waals surface area contributed by atoms with Crippen molar-refractivity contribution in [1.82, 2.24) is 10.3 Å². The van der Waals surface area contributed by atoms with Crippen LogP contribution in [-0.4, -0.2) is 15.7 Å². The number of aromatic nitrogens is 1. The third-order valence-corrected chi connectivity index (χ3v) is 3.91. The van der Waals surface area contributed by atoms with Gasteiger partial charge in [-0.25, -0.2) is 0 Å². The average molecular weight is 285 g/mol. The van der Waals surface area contributed by atoms with Gasteiger partial charge in [0.25, 0.3) is 0 Å². The van der Waals surface area contributed by atoms with E-state index in [0.29, 0.717) is 6.54 Å². The zero-order valence-electron chi connectivity index (χ0n) is 9.83. The molecule has 88 valence electrons. The zero-order valence-corrected chi connectivity index (χ0v) is 11.4. The van der Waals surface area contributed by atoms with E-state index in [9.17, 15) is 4.79 Å². The van der Waals surface area contributed by atoms with Crippen molar-refractivity contribution >= 4 is 21.8 Å². The molecule has 0 fully saturated rings. The molecule has 4 heteroatoms. The SMILES string of the molecule is Cc1ccncc1CNC(=O)C(Br)C(C)C. The van der Waals surface area contributed by atoms with Gasteiger partial charge in [0.05, 0.1) is 4.83 Å². The number of aryl methyl sites for hydroxylation is 1. The number of carbonyl (C=O) groups excluding carboxylic acids is 1. The van der Waals surface area contributed by atoms with Crippen LogP contribution in [-0.2, 0) is 11.3 Å². The van der Waals surface area contributed by atoms with Gasteiger partial charge in [-0.3, -0.25) is 9.78 Å². The maximum atomic E-state index is 11.7. The molecule has 0 radical (unpaired) electrons. The fraction of sp³-hybridized carbons (Fsp3) is 0.500. The van der Waals surface area contributed by atoms with E-state index >= 15 is 0 Å². The Morgan fingerprint density at radius 3 is 2.81 bits per heavy atom. The number of alkyl halides is 1. The first kappa shape index (κ1) is 13.2. The maximum absolute atomic E-state index is 11.7. The highest BCUT2D eigenvalue weighted by atomic mass is 79.9. The quantitative estimate of drug-likeness (QED) is 0.863. The summed E-state index contributed by atoms with van der Waals surface area (Å²) in [7, 11) is 0. The van der Waals surface area contributed by atoms with E-state index in [1.54, 1.807) is 12.4 Å². The van der Waals surface area contributed by atoms with Crippen molar-refractivity contribution in [1.29, 1.82) is 0 Å². The molecule has 0 aliphatic carbocycles. The lowest BCUT2D eigenvalue weighted by Crippen LogP contribution is -2.33. The summed E-state index contributed by atoms with van der Waals surface area (Å²) < 4.78 is 0. The van der Waals surface area contributed by atoms with Gasteiger partial charge < -0.3 is 5.32 Å². The predicted octanol–water partition coefficient (Wildman–Crippen LogP) is 2.43. The first-order valence-corrected chi connectivity index (χ1v) is 6.25. The fourth-order valence-electron chi connectivity index (χ4n) is 1.26. The highest BCUT2D eigenvalue weighted by Crippen LogP contribution is 2.12. The van der Waals surface area contributed by atoms with Gasteiger partial charge in [-0.2, -0.15) is 0 Å². The minimum Gasteiger partial charge on any atom is -0.351 e. The molecule has 1 rings (SSSR count). The van der Waals surface area contributed by atoms with Crippen LogP contribution in [0, 0.1) is 12.8 Å². The zero-order chi connectivity index (χ0) is 12.1. The van der Waals surface area contributed by atoms with E-state index in [2.05, 4.69) is 26.2 Å². The molecule has 1 atom stereocenters. The number of hydrogen-bond donors (Lipinski definition) is 1. The van der Waals surface area contributed by atoms with Gasteiger partial charge in [0.1, 0.15) is 0 Å². The molecule has 0 aromatic carbocycles. The van der Waals surface area contributed by atoms with Crippen molar-refractivity contribution in [3.05, 3.63) is 29.6 Å². The van der Waals surface area contributed by atoms with Gasteiger partial charge in [-0.15, -0.1) is 0 Å². The minimum atomic E-state index is -0.135. The van der Waals surface area contributed by atoms with Crippen molar-refractivity contribution in [3.8, 4) is 0 Å². The number of amides is 1. The Kier molecular flexibility index (Phi) is 4.93. The summed E-state index contributed by atoms with van der Waals surface area (Å²) in [4.78, 5) is 15.6. The molecule has 1 unspecified atom stereocenters. The molecule has 16 heavy (non-hydrogen) atoms. The van der Waals surface area contributed by atoms with Gasteiger partial charge in [0.2, 0.25) is 5.91 Å². The number of halogens is 1. The molecule has 0 saturated carbocycles. The van der Waals surface area contributed by atoms with Gasteiger partial charge in [-0.1, -0.05) is 29.8 Å². The molecule has 0 bridgehead atoms. The summed E-state index contributed by atoms with van der Waals surface area (Å²) in [5.74, 6) is 0.313. The first-order chi connectivity index (χ1) is 7.52. The van der Waals surface area contributed by atoms with Crippen LogP contribution in [0.5, 0.6) is 0 Å². The molecule has 1 aromatic rings.